The Morgan fingerprint density at radius 3 is 2.69 bits per heavy atom. The molecule has 0 radical (unpaired) electrons. The third-order valence-corrected chi connectivity index (χ3v) is 2.75. The molecule has 0 bridgehead atoms. The first-order chi connectivity index (χ1) is 6.18. The van der Waals surface area contributed by atoms with Crippen LogP contribution in [0, 0.1) is 11.8 Å². The largest absolute Gasteiger partial charge is 0.321 e. The molecule has 0 amide bonds. The third kappa shape index (κ3) is 1.70. The zero-order valence-corrected chi connectivity index (χ0v) is 8.01. The third-order valence-electron chi connectivity index (χ3n) is 2.75. The first kappa shape index (κ1) is 8.62. The van der Waals surface area contributed by atoms with Crippen LogP contribution in [-0.4, -0.2) is 20.2 Å². The van der Waals surface area contributed by atoms with E-state index in [0.717, 1.165) is 5.92 Å². The maximum absolute atomic E-state index is 6.01. The minimum absolute atomic E-state index is 0.0544. The van der Waals surface area contributed by atoms with Crippen LogP contribution in [0.1, 0.15) is 31.6 Å². The van der Waals surface area contributed by atoms with Crippen LogP contribution in [-0.2, 0) is 7.05 Å². The lowest BCUT2D eigenvalue weighted by Crippen LogP contribution is -2.22. The van der Waals surface area contributed by atoms with Gasteiger partial charge in [0.15, 0.2) is 5.82 Å². The van der Waals surface area contributed by atoms with Crippen LogP contribution in [0.25, 0.3) is 0 Å². The van der Waals surface area contributed by atoms with Gasteiger partial charge in [-0.1, -0.05) is 6.92 Å². The molecule has 1 aliphatic rings. The van der Waals surface area contributed by atoms with Gasteiger partial charge in [0.25, 0.3) is 0 Å². The fourth-order valence-corrected chi connectivity index (χ4v) is 1.58. The molecule has 1 fully saturated rings. The summed E-state index contributed by atoms with van der Waals surface area (Å²) < 4.78 is 0. The average Bonchev–Trinajstić information content (AvgIpc) is 2.87. The number of rotatable bonds is 3. The van der Waals surface area contributed by atoms with E-state index in [0.29, 0.717) is 11.7 Å². The van der Waals surface area contributed by atoms with Crippen molar-refractivity contribution in [2.45, 2.75) is 25.8 Å². The van der Waals surface area contributed by atoms with Gasteiger partial charge in [-0.25, -0.2) is 0 Å². The Balaban J connectivity index is 2.06. The number of hydrogen-bond donors (Lipinski definition) is 1. The quantitative estimate of drug-likeness (QED) is 0.726. The lowest BCUT2D eigenvalue weighted by atomic mass is 9.97. The molecule has 1 heterocycles. The van der Waals surface area contributed by atoms with Gasteiger partial charge in [-0.15, -0.1) is 10.2 Å². The fourth-order valence-electron chi connectivity index (χ4n) is 1.58. The van der Waals surface area contributed by atoms with Crippen LogP contribution in [0.5, 0.6) is 0 Å². The van der Waals surface area contributed by atoms with Gasteiger partial charge in [-0.05, 0) is 29.9 Å². The maximum Gasteiger partial charge on any atom is 0.191 e. The van der Waals surface area contributed by atoms with E-state index in [1.165, 1.54) is 17.6 Å². The Hall–Kier alpha value is -0.970. The molecule has 0 saturated heterocycles. The summed E-state index contributed by atoms with van der Waals surface area (Å²) in [6, 6.07) is -0.0544. The Bertz CT molecular complexity index is 290. The Kier molecular flexibility index (Phi) is 2.03. The highest BCUT2D eigenvalue weighted by molar-refractivity contribution is 4.95. The van der Waals surface area contributed by atoms with Crippen LogP contribution in [0.3, 0.4) is 0 Å². The number of nitrogens with two attached hydrogens (primary N) is 1. The molecule has 0 aromatic carbocycles. The van der Waals surface area contributed by atoms with Crippen molar-refractivity contribution in [1.29, 1.82) is 0 Å². The van der Waals surface area contributed by atoms with E-state index < -0.39 is 0 Å². The molecule has 2 rings (SSSR count). The Morgan fingerprint density at radius 2 is 2.23 bits per heavy atom. The highest BCUT2D eigenvalue weighted by Gasteiger charge is 2.33. The number of nitrogens with zero attached hydrogens (tertiary/aromatic N) is 4. The van der Waals surface area contributed by atoms with Gasteiger partial charge in [0, 0.05) is 0 Å². The summed E-state index contributed by atoms with van der Waals surface area (Å²) in [7, 11) is 1.75. The van der Waals surface area contributed by atoms with Crippen LogP contribution in [0.15, 0.2) is 0 Å². The van der Waals surface area contributed by atoms with Gasteiger partial charge in [0.1, 0.15) is 0 Å². The van der Waals surface area contributed by atoms with Gasteiger partial charge < -0.3 is 5.73 Å². The van der Waals surface area contributed by atoms with Crippen LogP contribution in [0.2, 0.25) is 0 Å². The molecule has 2 N–H and O–H groups in total. The van der Waals surface area contributed by atoms with Gasteiger partial charge in [0.05, 0.1) is 13.1 Å². The number of aryl methyl sites for hydroxylation is 1. The van der Waals surface area contributed by atoms with E-state index in [-0.39, 0.29) is 6.04 Å². The smallest absolute Gasteiger partial charge is 0.191 e. The molecular formula is C8H15N5. The van der Waals surface area contributed by atoms with E-state index in [4.69, 9.17) is 5.73 Å². The van der Waals surface area contributed by atoms with Crippen molar-refractivity contribution in [1.82, 2.24) is 20.2 Å². The minimum Gasteiger partial charge on any atom is -0.321 e. The molecule has 1 aromatic rings. The summed E-state index contributed by atoms with van der Waals surface area (Å²) in [5.41, 5.74) is 6.01. The van der Waals surface area contributed by atoms with E-state index in [9.17, 15) is 0 Å². The summed E-state index contributed by atoms with van der Waals surface area (Å²) >= 11 is 0. The molecule has 0 aliphatic heterocycles. The maximum atomic E-state index is 6.01. The van der Waals surface area contributed by atoms with Crippen LogP contribution >= 0.6 is 0 Å². The first-order valence-electron chi connectivity index (χ1n) is 4.68. The molecule has 2 unspecified atom stereocenters. The predicted molar refractivity (Wildman–Crippen MR) is 47.6 cm³/mol. The predicted octanol–water partition coefficient (Wildman–Crippen LogP) is 0.256. The summed E-state index contributed by atoms with van der Waals surface area (Å²) in [6.45, 7) is 2.17. The monoisotopic (exact) mass is 181 g/mol. The van der Waals surface area contributed by atoms with Gasteiger partial charge in [-0.2, -0.15) is 4.80 Å². The normalized spacial score (nSPS) is 21.5. The van der Waals surface area contributed by atoms with Crippen molar-refractivity contribution < 1.29 is 0 Å². The van der Waals surface area contributed by atoms with Crippen molar-refractivity contribution in [3.05, 3.63) is 5.82 Å². The Labute approximate surface area is 77.3 Å². The zero-order chi connectivity index (χ0) is 9.42. The average molecular weight is 181 g/mol. The van der Waals surface area contributed by atoms with Crippen LogP contribution < -0.4 is 5.73 Å². The van der Waals surface area contributed by atoms with Gasteiger partial charge >= 0.3 is 0 Å². The van der Waals surface area contributed by atoms with Crippen LogP contribution in [0.4, 0.5) is 0 Å². The second-order valence-electron chi connectivity index (χ2n) is 3.86. The molecule has 1 aliphatic carbocycles. The molecule has 1 saturated carbocycles. The molecule has 1 aromatic heterocycles. The van der Waals surface area contributed by atoms with E-state index >= 15 is 0 Å². The molecular weight excluding hydrogens is 166 g/mol. The topological polar surface area (TPSA) is 69.6 Å². The summed E-state index contributed by atoms with van der Waals surface area (Å²) in [6.07, 6.45) is 2.60. The van der Waals surface area contributed by atoms with E-state index in [1.54, 1.807) is 7.05 Å². The SMILES string of the molecule is CC(C1CC1)C(N)c1nnn(C)n1. The molecule has 0 spiro atoms. The second kappa shape index (κ2) is 3.06. The standard InChI is InChI=1S/C8H15N5/c1-5(6-3-4-6)7(9)8-10-12-13(2)11-8/h5-7H,3-4,9H2,1-2H3. The minimum atomic E-state index is -0.0544. The second-order valence-corrected chi connectivity index (χ2v) is 3.86. The number of hydrogen-bond acceptors (Lipinski definition) is 4. The van der Waals surface area contributed by atoms with Crippen molar-refractivity contribution in [3.63, 3.8) is 0 Å². The molecule has 2 atom stereocenters. The molecule has 5 heteroatoms. The fraction of sp³-hybridized carbons (Fsp3) is 0.875. The lowest BCUT2D eigenvalue weighted by Gasteiger charge is -2.15. The van der Waals surface area contributed by atoms with E-state index in [1.807, 2.05) is 0 Å². The van der Waals surface area contributed by atoms with Crippen molar-refractivity contribution >= 4 is 0 Å². The van der Waals surface area contributed by atoms with Crippen molar-refractivity contribution in [2.75, 3.05) is 0 Å². The molecule has 5 nitrogen and oxygen atoms in total. The lowest BCUT2D eigenvalue weighted by molar-refractivity contribution is 0.401. The zero-order valence-electron chi connectivity index (χ0n) is 8.01. The summed E-state index contributed by atoms with van der Waals surface area (Å²) in [5, 5.41) is 11.8. The molecule has 13 heavy (non-hydrogen) atoms. The highest BCUT2D eigenvalue weighted by Crippen LogP contribution is 2.40. The Morgan fingerprint density at radius 1 is 1.54 bits per heavy atom. The molecule has 72 valence electrons. The summed E-state index contributed by atoms with van der Waals surface area (Å²) in [4.78, 5) is 1.45. The van der Waals surface area contributed by atoms with Gasteiger partial charge in [0.2, 0.25) is 0 Å². The van der Waals surface area contributed by atoms with E-state index in [2.05, 4.69) is 22.3 Å². The van der Waals surface area contributed by atoms with Crippen molar-refractivity contribution in [3.8, 4) is 0 Å². The van der Waals surface area contributed by atoms with Gasteiger partial charge in [-0.3, -0.25) is 0 Å². The number of tetrazole rings is 1. The first-order valence-corrected chi connectivity index (χ1v) is 4.68. The highest BCUT2D eigenvalue weighted by atomic mass is 15.6. The van der Waals surface area contributed by atoms with Crippen molar-refractivity contribution in [2.24, 2.45) is 24.6 Å². The summed E-state index contributed by atoms with van der Waals surface area (Å²) in [5.74, 6) is 1.92. The number of aromatic nitrogens is 4.